The molecule has 0 aromatic heterocycles. The third-order valence-electron chi connectivity index (χ3n) is 4.46. The van der Waals surface area contributed by atoms with Crippen LogP contribution < -0.4 is 10.2 Å². The molecule has 2 aromatic carbocycles. The van der Waals surface area contributed by atoms with Gasteiger partial charge in [-0.25, -0.2) is 4.79 Å². The Morgan fingerprint density at radius 3 is 2.80 bits per heavy atom. The molecule has 2 amide bonds. The number of ether oxygens (including phenoxy) is 1. The Hall–Kier alpha value is -4.01. The SMILES string of the molecule is CC1CC(=O)Nc2ccccc2N1C(=O)COC(=O)/C=C/c1cccc([N+](=O)[O-])c1. The first-order valence-corrected chi connectivity index (χ1v) is 9.15. The molecule has 0 saturated carbocycles. The van der Waals surface area contributed by atoms with Crippen LogP contribution in [-0.2, 0) is 19.1 Å². The molecule has 0 fully saturated rings. The zero-order valence-electron chi connectivity index (χ0n) is 16.1. The van der Waals surface area contributed by atoms with Crippen LogP contribution in [0.3, 0.4) is 0 Å². The fraction of sp³-hybridized carbons (Fsp3) is 0.190. The molecule has 1 unspecified atom stereocenters. The van der Waals surface area contributed by atoms with Crippen molar-refractivity contribution in [2.75, 3.05) is 16.8 Å². The van der Waals surface area contributed by atoms with E-state index in [0.717, 1.165) is 6.08 Å². The van der Waals surface area contributed by atoms with Gasteiger partial charge in [-0.15, -0.1) is 0 Å². The number of amides is 2. The van der Waals surface area contributed by atoms with Crippen molar-refractivity contribution in [3.63, 3.8) is 0 Å². The van der Waals surface area contributed by atoms with E-state index >= 15 is 0 Å². The molecule has 0 bridgehead atoms. The van der Waals surface area contributed by atoms with Crippen molar-refractivity contribution < 1.29 is 24.0 Å². The van der Waals surface area contributed by atoms with Gasteiger partial charge in [-0.2, -0.15) is 0 Å². The third kappa shape index (κ3) is 4.88. The van der Waals surface area contributed by atoms with Gasteiger partial charge in [0.15, 0.2) is 6.61 Å². The Morgan fingerprint density at radius 1 is 1.27 bits per heavy atom. The number of carbonyl (C=O) groups excluding carboxylic acids is 3. The number of non-ortho nitro benzene ring substituents is 1. The van der Waals surface area contributed by atoms with Gasteiger partial charge in [0.2, 0.25) is 5.91 Å². The molecule has 1 atom stereocenters. The number of esters is 1. The Labute approximate surface area is 172 Å². The molecule has 1 aliphatic rings. The number of nitrogens with zero attached hydrogens (tertiary/aromatic N) is 2. The molecule has 0 aliphatic carbocycles. The Bertz CT molecular complexity index is 1030. The van der Waals surface area contributed by atoms with Crippen LogP contribution in [0.15, 0.2) is 54.6 Å². The molecule has 1 heterocycles. The number of anilines is 2. The number of carbonyl (C=O) groups is 3. The van der Waals surface area contributed by atoms with Crippen LogP contribution in [0.25, 0.3) is 6.08 Å². The quantitative estimate of drug-likeness (QED) is 0.351. The average Bonchev–Trinajstić information content (AvgIpc) is 2.84. The van der Waals surface area contributed by atoms with Crippen LogP contribution >= 0.6 is 0 Å². The molecule has 2 aromatic rings. The fourth-order valence-corrected chi connectivity index (χ4v) is 3.12. The summed E-state index contributed by atoms with van der Waals surface area (Å²) >= 11 is 0. The van der Waals surface area contributed by atoms with E-state index in [2.05, 4.69) is 5.32 Å². The van der Waals surface area contributed by atoms with Crippen molar-refractivity contribution in [3.8, 4) is 0 Å². The van der Waals surface area contributed by atoms with Crippen molar-refractivity contribution in [1.82, 2.24) is 0 Å². The van der Waals surface area contributed by atoms with Crippen molar-refractivity contribution in [2.45, 2.75) is 19.4 Å². The summed E-state index contributed by atoms with van der Waals surface area (Å²) in [6, 6.07) is 12.2. The van der Waals surface area contributed by atoms with Crippen molar-refractivity contribution in [1.29, 1.82) is 0 Å². The number of hydrogen-bond acceptors (Lipinski definition) is 6. The standard InChI is InChI=1S/C21H19N3O6/c1-14-11-19(25)22-17-7-2-3-8-18(17)23(14)20(26)13-30-21(27)10-9-15-5-4-6-16(12-15)24(28)29/h2-10,12,14H,11,13H2,1H3,(H,22,25)/b10-9+. The summed E-state index contributed by atoms with van der Waals surface area (Å²) in [5.41, 5.74) is 1.39. The van der Waals surface area contributed by atoms with Gasteiger partial charge < -0.3 is 15.0 Å². The molecule has 9 nitrogen and oxygen atoms in total. The number of nitro benzene ring substituents is 1. The monoisotopic (exact) mass is 409 g/mol. The minimum absolute atomic E-state index is 0.0994. The maximum Gasteiger partial charge on any atom is 0.331 e. The molecule has 0 spiro atoms. The highest BCUT2D eigenvalue weighted by molar-refractivity contribution is 6.05. The van der Waals surface area contributed by atoms with Crippen LogP contribution in [0.2, 0.25) is 0 Å². The van der Waals surface area contributed by atoms with Crippen LogP contribution in [0.1, 0.15) is 18.9 Å². The Morgan fingerprint density at radius 2 is 2.03 bits per heavy atom. The molecule has 0 radical (unpaired) electrons. The molecule has 3 rings (SSSR count). The number of rotatable bonds is 5. The normalized spacial score (nSPS) is 15.8. The van der Waals surface area contributed by atoms with E-state index in [-0.39, 0.29) is 18.0 Å². The molecule has 9 heteroatoms. The topological polar surface area (TPSA) is 119 Å². The third-order valence-corrected chi connectivity index (χ3v) is 4.46. The van der Waals surface area contributed by atoms with Gasteiger partial charge in [0, 0.05) is 30.7 Å². The minimum atomic E-state index is -0.764. The largest absolute Gasteiger partial charge is 0.452 e. The van der Waals surface area contributed by atoms with E-state index in [1.54, 1.807) is 37.3 Å². The summed E-state index contributed by atoms with van der Waals surface area (Å²) in [7, 11) is 0. The van der Waals surface area contributed by atoms with Crippen LogP contribution in [0.4, 0.5) is 17.1 Å². The lowest BCUT2D eigenvalue weighted by molar-refractivity contribution is -0.384. The molecule has 30 heavy (non-hydrogen) atoms. The fourth-order valence-electron chi connectivity index (χ4n) is 3.12. The number of fused-ring (bicyclic) bond motifs is 1. The predicted octanol–water partition coefficient (Wildman–Crippen LogP) is 2.92. The maximum atomic E-state index is 12.7. The lowest BCUT2D eigenvalue weighted by atomic mass is 10.1. The zero-order chi connectivity index (χ0) is 21.7. The number of nitro groups is 1. The van der Waals surface area contributed by atoms with E-state index in [4.69, 9.17) is 4.74 Å². The number of hydrogen-bond donors (Lipinski definition) is 1. The van der Waals surface area contributed by atoms with Gasteiger partial charge in [0.25, 0.3) is 11.6 Å². The Balaban J connectivity index is 1.66. The highest BCUT2D eigenvalue weighted by Gasteiger charge is 2.29. The van der Waals surface area contributed by atoms with Crippen molar-refractivity contribution in [3.05, 3.63) is 70.3 Å². The smallest absolute Gasteiger partial charge is 0.331 e. The molecular weight excluding hydrogens is 390 g/mol. The molecule has 1 aliphatic heterocycles. The van der Waals surface area contributed by atoms with Crippen LogP contribution in [0.5, 0.6) is 0 Å². The lowest BCUT2D eigenvalue weighted by Crippen LogP contribution is -2.41. The maximum absolute atomic E-state index is 12.7. The van der Waals surface area contributed by atoms with Crippen molar-refractivity contribution >= 4 is 40.9 Å². The van der Waals surface area contributed by atoms with Crippen LogP contribution in [-0.4, -0.2) is 35.4 Å². The zero-order valence-corrected chi connectivity index (χ0v) is 16.1. The van der Waals surface area contributed by atoms with Gasteiger partial charge in [0.1, 0.15) is 0 Å². The molecule has 1 N–H and O–H groups in total. The van der Waals surface area contributed by atoms with E-state index in [1.165, 1.54) is 29.2 Å². The van der Waals surface area contributed by atoms with Gasteiger partial charge in [-0.1, -0.05) is 24.3 Å². The second-order valence-electron chi connectivity index (χ2n) is 6.68. The van der Waals surface area contributed by atoms with Gasteiger partial charge in [-0.3, -0.25) is 19.7 Å². The molecular formula is C21H19N3O6. The summed E-state index contributed by atoms with van der Waals surface area (Å²) in [6.07, 6.45) is 2.57. The number of nitrogens with one attached hydrogen (secondary N) is 1. The molecule has 0 saturated heterocycles. The first-order valence-electron chi connectivity index (χ1n) is 9.15. The second-order valence-corrected chi connectivity index (χ2v) is 6.68. The van der Waals surface area contributed by atoms with E-state index in [9.17, 15) is 24.5 Å². The van der Waals surface area contributed by atoms with E-state index in [1.807, 2.05) is 0 Å². The summed E-state index contributed by atoms with van der Waals surface area (Å²) in [5.74, 6) is -1.44. The highest BCUT2D eigenvalue weighted by Crippen LogP contribution is 2.31. The van der Waals surface area contributed by atoms with Crippen LogP contribution in [0, 0.1) is 10.1 Å². The Kier molecular flexibility index (Phi) is 6.21. The number of benzene rings is 2. The van der Waals surface area contributed by atoms with E-state index in [0.29, 0.717) is 16.9 Å². The first kappa shape index (κ1) is 20.7. The first-order chi connectivity index (χ1) is 14.3. The van der Waals surface area contributed by atoms with Gasteiger partial charge in [-0.05, 0) is 30.7 Å². The minimum Gasteiger partial charge on any atom is -0.452 e. The highest BCUT2D eigenvalue weighted by atomic mass is 16.6. The summed E-state index contributed by atoms with van der Waals surface area (Å²) < 4.78 is 5.03. The van der Waals surface area contributed by atoms with E-state index < -0.39 is 29.4 Å². The lowest BCUT2D eigenvalue weighted by Gasteiger charge is -2.27. The summed E-state index contributed by atoms with van der Waals surface area (Å²) in [5, 5.41) is 13.6. The summed E-state index contributed by atoms with van der Waals surface area (Å²) in [6.45, 7) is 1.23. The summed E-state index contributed by atoms with van der Waals surface area (Å²) in [4.78, 5) is 48.4. The van der Waals surface area contributed by atoms with Crippen molar-refractivity contribution in [2.24, 2.45) is 0 Å². The van der Waals surface area contributed by atoms with Gasteiger partial charge in [0.05, 0.1) is 16.3 Å². The predicted molar refractivity (Wildman–Crippen MR) is 110 cm³/mol. The second kappa shape index (κ2) is 8.99. The average molecular weight is 409 g/mol. The van der Waals surface area contributed by atoms with Gasteiger partial charge >= 0.3 is 5.97 Å². The molecule has 154 valence electrons. The number of para-hydroxylation sites is 2.